The number of carbonyl (C=O) groups is 1. The molecule has 3 nitrogen and oxygen atoms in total. The van der Waals surface area contributed by atoms with Gasteiger partial charge in [0, 0.05) is 21.8 Å². The average molecular weight is 234 g/mol. The maximum absolute atomic E-state index is 11.7. The fourth-order valence-electron chi connectivity index (χ4n) is 1.25. The predicted octanol–water partition coefficient (Wildman–Crippen LogP) is 2.12. The Bertz CT molecular complexity index is 214. The molecule has 0 rings (SSSR count). The molecule has 4 heteroatoms. The van der Waals surface area contributed by atoms with Gasteiger partial charge in [-0.3, -0.25) is 9.00 Å². The second kappa shape index (κ2) is 7.85. The first kappa shape index (κ1) is 14.6. The summed E-state index contributed by atoms with van der Waals surface area (Å²) in [5.74, 6) is 1.06. The smallest absolute Gasteiger partial charge is 0.306 e. The third-order valence-electron chi connectivity index (χ3n) is 2.26. The second-order valence-electron chi connectivity index (χ2n) is 4.21. The molecule has 0 aliphatic carbocycles. The van der Waals surface area contributed by atoms with Crippen LogP contribution in [0.25, 0.3) is 0 Å². The van der Waals surface area contributed by atoms with Gasteiger partial charge in [0.2, 0.25) is 0 Å². The second-order valence-corrected chi connectivity index (χ2v) is 6.19. The summed E-state index contributed by atoms with van der Waals surface area (Å²) >= 11 is 0. The molecular formula is C11H22O3S. The molecule has 0 N–H and O–H groups in total. The molecule has 15 heavy (non-hydrogen) atoms. The molecule has 0 fully saturated rings. The van der Waals surface area contributed by atoms with Crippen LogP contribution in [-0.2, 0) is 20.3 Å². The Hall–Kier alpha value is -0.380. The van der Waals surface area contributed by atoms with E-state index in [0.717, 1.165) is 12.8 Å². The van der Waals surface area contributed by atoms with E-state index in [-0.39, 0.29) is 17.6 Å². The fraction of sp³-hybridized carbons (Fsp3) is 0.909. The summed E-state index contributed by atoms with van der Waals surface area (Å²) in [4.78, 5) is 11.0. The van der Waals surface area contributed by atoms with Crippen LogP contribution in [0.3, 0.4) is 0 Å². The van der Waals surface area contributed by atoms with E-state index in [1.54, 1.807) is 0 Å². The lowest BCUT2D eigenvalue weighted by atomic mass is 10.1. The molecule has 0 aliphatic rings. The minimum Gasteiger partial charge on any atom is -0.469 e. The van der Waals surface area contributed by atoms with Crippen molar-refractivity contribution in [1.82, 2.24) is 0 Å². The number of hydrogen-bond donors (Lipinski definition) is 0. The zero-order chi connectivity index (χ0) is 11.8. The van der Waals surface area contributed by atoms with E-state index >= 15 is 0 Å². The molecule has 2 unspecified atom stereocenters. The normalized spacial score (nSPS) is 15.0. The molecule has 0 aromatic carbocycles. The average Bonchev–Trinajstić information content (AvgIpc) is 2.16. The van der Waals surface area contributed by atoms with Gasteiger partial charge < -0.3 is 4.74 Å². The van der Waals surface area contributed by atoms with Gasteiger partial charge in [-0.25, -0.2) is 0 Å². The van der Waals surface area contributed by atoms with Crippen molar-refractivity contribution in [3.05, 3.63) is 0 Å². The topological polar surface area (TPSA) is 43.4 Å². The number of rotatable bonds is 7. The highest BCUT2D eigenvalue weighted by molar-refractivity contribution is 7.85. The van der Waals surface area contributed by atoms with E-state index < -0.39 is 10.8 Å². The van der Waals surface area contributed by atoms with Gasteiger partial charge in [0.15, 0.2) is 0 Å². The monoisotopic (exact) mass is 234 g/mol. The molecule has 0 aromatic rings. The van der Waals surface area contributed by atoms with Gasteiger partial charge in [-0.2, -0.15) is 0 Å². The Morgan fingerprint density at radius 2 is 1.93 bits per heavy atom. The summed E-state index contributed by atoms with van der Waals surface area (Å²) in [6.07, 6.45) is 2.32. The largest absolute Gasteiger partial charge is 0.469 e. The molecule has 0 heterocycles. The lowest BCUT2D eigenvalue weighted by Gasteiger charge is -2.10. The van der Waals surface area contributed by atoms with E-state index in [2.05, 4.69) is 18.6 Å². The van der Waals surface area contributed by atoms with Crippen molar-refractivity contribution < 1.29 is 13.7 Å². The van der Waals surface area contributed by atoms with Gasteiger partial charge in [0.05, 0.1) is 13.5 Å². The van der Waals surface area contributed by atoms with Crippen LogP contribution >= 0.6 is 0 Å². The van der Waals surface area contributed by atoms with E-state index in [9.17, 15) is 9.00 Å². The Morgan fingerprint density at radius 3 is 2.40 bits per heavy atom. The van der Waals surface area contributed by atoms with E-state index in [0.29, 0.717) is 11.7 Å². The Labute approximate surface area is 95.0 Å². The van der Waals surface area contributed by atoms with Gasteiger partial charge in [-0.1, -0.05) is 27.2 Å². The lowest BCUT2D eigenvalue weighted by molar-refractivity contribution is -0.140. The van der Waals surface area contributed by atoms with Gasteiger partial charge in [-0.05, 0) is 12.3 Å². The minimum atomic E-state index is -0.904. The molecule has 0 spiro atoms. The molecule has 0 aromatic heterocycles. The van der Waals surface area contributed by atoms with Gasteiger partial charge >= 0.3 is 5.97 Å². The summed E-state index contributed by atoms with van der Waals surface area (Å²) in [6.45, 7) is 6.14. The summed E-state index contributed by atoms with van der Waals surface area (Å²) < 4.78 is 16.2. The van der Waals surface area contributed by atoms with Crippen LogP contribution in [0.4, 0.5) is 0 Å². The first-order valence-corrected chi connectivity index (χ1v) is 6.79. The van der Waals surface area contributed by atoms with Crippen molar-refractivity contribution in [1.29, 1.82) is 0 Å². The SMILES string of the molecule is COC(=O)CC(C)S(=O)CCCC(C)C. The zero-order valence-electron chi connectivity index (χ0n) is 10.1. The Balaban J connectivity index is 3.74. The van der Waals surface area contributed by atoms with Gasteiger partial charge in [0.1, 0.15) is 0 Å². The molecular weight excluding hydrogens is 212 g/mol. The highest BCUT2D eigenvalue weighted by Crippen LogP contribution is 2.08. The first-order valence-electron chi connectivity index (χ1n) is 5.41. The predicted molar refractivity (Wildman–Crippen MR) is 63.2 cm³/mol. The lowest BCUT2D eigenvalue weighted by Crippen LogP contribution is -2.19. The quantitative estimate of drug-likeness (QED) is 0.634. The number of carbonyl (C=O) groups excluding carboxylic acids is 1. The molecule has 0 saturated heterocycles. The van der Waals surface area contributed by atoms with Crippen molar-refractivity contribution in [2.75, 3.05) is 12.9 Å². The van der Waals surface area contributed by atoms with Crippen molar-refractivity contribution >= 4 is 16.8 Å². The maximum Gasteiger partial charge on any atom is 0.306 e. The number of ether oxygens (including phenoxy) is 1. The van der Waals surface area contributed by atoms with E-state index in [1.165, 1.54) is 7.11 Å². The molecule has 2 atom stereocenters. The molecule has 0 amide bonds. The van der Waals surface area contributed by atoms with Crippen molar-refractivity contribution in [3.8, 4) is 0 Å². The third kappa shape index (κ3) is 7.54. The molecule has 90 valence electrons. The minimum absolute atomic E-state index is 0.0930. The van der Waals surface area contributed by atoms with Gasteiger partial charge in [-0.15, -0.1) is 0 Å². The number of esters is 1. The van der Waals surface area contributed by atoms with Crippen LogP contribution in [0.5, 0.6) is 0 Å². The maximum atomic E-state index is 11.7. The highest BCUT2D eigenvalue weighted by atomic mass is 32.2. The Kier molecular flexibility index (Phi) is 7.65. The molecule has 0 radical (unpaired) electrons. The Morgan fingerprint density at radius 1 is 1.33 bits per heavy atom. The zero-order valence-corrected chi connectivity index (χ0v) is 10.9. The molecule has 0 bridgehead atoms. The van der Waals surface area contributed by atoms with Crippen LogP contribution in [0.15, 0.2) is 0 Å². The fourth-order valence-corrected chi connectivity index (χ4v) is 2.42. The van der Waals surface area contributed by atoms with Crippen molar-refractivity contribution in [2.45, 2.75) is 45.3 Å². The first-order chi connectivity index (χ1) is 6.97. The van der Waals surface area contributed by atoms with E-state index in [1.807, 2.05) is 6.92 Å². The van der Waals surface area contributed by atoms with Crippen LogP contribution in [0.1, 0.15) is 40.0 Å². The van der Waals surface area contributed by atoms with Crippen LogP contribution in [0, 0.1) is 5.92 Å². The standard InChI is InChI=1S/C11H22O3S/c1-9(2)6-5-7-15(13)10(3)8-11(12)14-4/h9-10H,5-8H2,1-4H3. The molecule has 0 aliphatic heterocycles. The molecule has 0 saturated carbocycles. The van der Waals surface area contributed by atoms with Crippen LogP contribution in [-0.4, -0.2) is 28.3 Å². The highest BCUT2D eigenvalue weighted by Gasteiger charge is 2.15. The summed E-state index contributed by atoms with van der Waals surface area (Å²) in [5, 5.41) is -0.0930. The summed E-state index contributed by atoms with van der Waals surface area (Å²) in [6, 6.07) is 0. The summed E-state index contributed by atoms with van der Waals surface area (Å²) in [5.41, 5.74) is 0. The number of hydrogen-bond acceptors (Lipinski definition) is 3. The number of methoxy groups -OCH3 is 1. The van der Waals surface area contributed by atoms with Gasteiger partial charge in [0.25, 0.3) is 0 Å². The summed E-state index contributed by atoms with van der Waals surface area (Å²) in [7, 11) is 0.454. The third-order valence-corrected chi connectivity index (χ3v) is 4.01. The van der Waals surface area contributed by atoms with Crippen molar-refractivity contribution in [2.24, 2.45) is 5.92 Å². The van der Waals surface area contributed by atoms with Crippen LogP contribution < -0.4 is 0 Å². The van der Waals surface area contributed by atoms with E-state index in [4.69, 9.17) is 0 Å². The van der Waals surface area contributed by atoms with Crippen molar-refractivity contribution in [3.63, 3.8) is 0 Å². The van der Waals surface area contributed by atoms with Crippen LogP contribution in [0.2, 0.25) is 0 Å².